The maximum absolute atomic E-state index is 4.10. The molecular formula is C7H11N2. The molecule has 1 atom stereocenters. The quantitative estimate of drug-likeness (QED) is 0.637. The van der Waals surface area contributed by atoms with Crippen LogP contribution in [0, 0.1) is 6.42 Å². The Morgan fingerprint density at radius 2 is 2.56 bits per heavy atom. The first-order valence-corrected chi connectivity index (χ1v) is 3.12. The van der Waals surface area contributed by atoms with Crippen LogP contribution in [0.5, 0.6) is 0 Å². The van der Waals surface area contributed by atoms with Crippen molar-refractivity contribution >= 4 is 0 Å². The molecule has 1 N–H and O–H groups in total. The molecule has 0 saturated carbocycles. The van der Waals surface area contributed by atoms with Gasteiger partial charge in [0.2, 0.25) is 0 Å². The third-order valence-corrected chi connectivity index (χ3v) is 1.49. The normalized spacial score (nSPS) is 13.6. The SMILES string of the molecule is C[CH]C(C)c1c[nH]cn1. The summed E-state index contributed by atoms with van der Waals surface area (Å²) < 4.78 is 0. The highest BCUT2D eigenvalue weighted by molar-refractivity contribution is 5.05. The van der Waals surface area contributed by atoms with Gasteiger partial charge in [-0.3, -0.25) is 0 Å². The van der Waals surface area contributed by atoms with E-state index in [1.54, 1.807) is 6.33 Å². The van der Waals surface area contributed by atoms with Crippen molar-refractivity contribution in [3.05, 3.63) is 24.6 Å². The number of hydrogen-bond acceptors (Lipinski definition) is 1. The van der Waals surface area contributed by atoms with Crippen molar-refractivity contribution in [2.45, 2.75) is 19.8 Å². The molecule has 1 radical (unpaired) electrons. The van der Waals surface area contributed by atoms with Crippen molar-refractivity contribution in [3.8, 4) is 0 Å². The molecule has 0 aliphatic heterocycles. The summed E-state index contributed by atoms with van der Waals surface area (Å²) in [6.07, 6.45) is 5.75. The van der Waals surface area contributed by atoms with E-state index in [4.69, 9.17) is 0 Å². The molecule has 49 valence electrons. The Morgan fingerprint density at radius 3 is 3.00 bits per heavy atom. The minimum absolute atomic E-state index is 0.469. The number of nitrogens with one attached hydrogen (secondary N) is 1. The first-order chi connectivity index (χ1) is 4.34. The van der Waals surface area contributed by atoms with Crippen molar-refractivity contribution in [2.24, 2.45) is 0 Å². The number of nitrogens with zero attached hydrogens (tertiary/aromatic N) is 1. The maximum atomic E-state index is 4.10. The number of H-pyrrole nitrogens is 1. The minimum Gasteiger partial charge on any atom is -0.351 e. The van der Waals surface area contributed by atoms with Crippen LogP contribution in [-0.2, 0) is 0 Å². The van der Waals surface area contributed by atoms with E-state index in [-0.39, 0.29) is 0 Å². The smallest absolute Gasteiger partial charge is 0.0923 e. The topological polar surface area (TPSA) is 28.7 Å². The van der Waals surface area contributed by atoms with Crippen LogP contribution in [0.2, 0.25) is 0 Å². The fourth-order valence-corrected chi connectivity index (χ4v) is 0.691. The van der Waals surface area contributed by atoms with Gasteiger partial charge in [-0.25, -0.2) is 4.98 Å². The second kappa shape index (κ2) is 2.67. The zero-order valence-corrected chi connectivity index (χ0v) is 5.76. The lowest BCUT2D eigenvalue weighted by atomic mass is 10.1. The van der Waals surface area contributed by atoms with Crippen molar-refractivity contribution in [2.75, 3.05) is 0 Å². The molecule has 1 unspecified atom stereocenters. The number of aromatic nitrogens is 2. The Balaban J connectivity index is 2.65. The molecule has 0 saturated heterocycles. The van der Waals surface area contributed by atoms with Gasteiger partial charge in [0.1, 0.15) is 0 Å². The highest BCUT2D eigenvalue weighted by Gasteiger charge is 2.02. The number of hydrogen-bond donors (Lipinski definition) is 1. The molecule has 2 nitrogen and oxygen atoms in total. The van der Waals surface area contributed by atoms with Gasteiger partial charge in [0, 0.05) is 12.1 Å². The molecule has 0 aliphatic rings. The molecule has 1 aromatic rings. The average molecular weight is 123 g/mol. The third-order valence-electron chi connectivity index (χ3n) is 1.49. The molecule has 1 rings (SSSR count). The zero-order valence-electron chi connectivity index (χ0n) is 5.76. The van der Waals surface area contributed by atoms with Gasteiger partial charge in [-0.1, -0.05) is 13.8 Å². The van der Waals surface area contributed by atoms with E-state index < -0.39 is 0 Å². The van der Waals surface area contributed by atoms with E-state index in [2.05, 4.69) is 23.3 Å². The van der Waals surface area contributed by atoms with Crippen molar-refractivity contribution in [1.82, 2.24) is 9.97 Å². The molecular weight excluding hydrogens is 112 g/mol. The molecule has 0 amide bonds. The van der Waals surface area contributed by atoms with Crippen LogP contribution < -0.4 is 0 Å². The van der Waals surface area contributed by atoms with Gasteiger partial charge >= 0.3 is 0 Å². The predicted octanol–water partition coefficient (Wildman–Crippen LogP) is 1.74. The lowest BCUT2D eigenvalue weighted by Gasteiger charge is -2.00. The summed E-state index contributed by atoms with van der Waals surface area (Å²) >= 11 is 0. The first kappa shape index (κ1) is 6.33. The highest BCUT2D eigenvalue weighted by atomic mass is 14.9. The summed E-state index contributed by atoms with van der Waals surface area (Å²) in [6.45, 7) is 4.16. The van der Waals surface area contributed by atoms with Gasteiger partial charge in [-0.05, 0) is 6.42 Å². The van der Waals surface area contributed by atoms with Crippen molar-refractivity contribution < 1.29 is 0 Å². The number of aromatic amines is 1. The summed E-state index contributed by atoms with van der Waals surface area (Å²) in [4.78, 5) is 7.01. The van der Waals surface area contributed by atoms with Gasteiger partial charge in [0.25, 0.3) is 0 Å². The maximum Gasteiger partial charge on any atom is 0.0923 e. The lowest BCUT2D eigenvalue weighted by molar-refractivity contribution is 0.852. The van der Waals surface area contributed by atoms with Crippen LogP contribution in [0.3, 0.4) is 0 Å². The Hall–Kier alpha value is -0.790. The summed E-state index contributed by atoms with van der Waals surface area (Å²) in [6, 6.07) is 0. The zero-order chi connectivity index (χ0) is 6.69. The van der Waals surface area contributed by atoms with E-state index in [9.17, 15) is 0 Å². The Bertz CT molecular complexity index is 155. The van der Waals surface area contributed by atoms with E-state index >= 15 is 0 Å². The number of imidazole rings is 1. The van der Waals surface area contributed by atoms with Crippen LogP contribution in [-0.4, -0.2) is 9.97 Å². The lowest BCUT2D eigenvalue weighted by Crippen LogP contribution is -1.90. The van der Waals surface area contributed by atoms with E-state index in [1.807, 2.05) is 13.1 Å². The first-order valence-electron chi connectivity index (χ1n) is 3.12. The molecule has 0 aliphatic carbocycles. The Kier molecular flexibility index (Phi) is 1.88. The second-order valence-corrected chi connectivity index (χ2v) is 2.12. The highest BCUT2D eigenvalue weighted by Crippen LogP contribution is 2.12. The van der Waals surface area contributed by atoms with Gasteiger partial charge in [0.15, 0.2) is 0 Å². The Labute approximate surface area is 55.3 Å². The third kappa shape index (κ3) is 1.31. The Morgan fingerprint density at radius 1 is 1.78 bits per heavy atom. The van der Waals surface area contributed by atoms with Crippen LogP contribution in [0.4, 0.5) is 0 Å². The predicted molar refractivity (Wildman–Crippen MR) is 37.0 cm³/mol. The summed E-state index contributed by atoms with van der Waals surface area (Å²) in [5.74, 6) is 0.469. The molecule has 9 heavy (non-hydrogen) atoms. The van der Waals surface area contributed by atoms with Crippen molar-refractivity contribution in [3.63, 3.8) is 0 Å². The fourth-order valence-electron chi connectivity index (χ4n) is 0.691. The standard InChI is InChI=1S/C7H11N2/c1-3-6(2)7-4-8-5-9-7/h3-6H,1-2H3,(H,8,9). The molecule has 2 heteroatoms. The van der Waals surface area contributed by atoms with Gasteiger partial charge in [0.05, 0.1) is 12.0 Å². The largest absolute Gasteiger partial charge is 0.351 e. The van der Waals surface area contributed by atoms with Crippen LogP contribution in [0.25, 0.3) is 0 Å². The van der Waals surface area contributed by atoms with E-state index in [0.717, 1.165) is 5.69 Å². The summed E-state index contributed by atoms with van der Waals surface area (Å²) in [7, 11) is 0. The summed E-state index contributed by atoms with van der Waals surface area (Å²) in [5.41, 5.74) is 1.11. The van der Waals surface area contributed by atoms with E-state index in [0.29, 0.717) is 5.92 Å². The second-order valence-electron chi connectivity index (χ2n) is 2.12. The van der Waals surface area contributed by atoms with Crippen LogP contribution >= 0.6 is 0 Å². The number of rotatable bonds is 2. The van der Waals surface area contributed by atoms with Gasteiger partial charge < -0.3 is 4.98 Å². The van der Waals surface area contributed by atoms with Crippen LogP contribution in [0.1, 0.15) is 25.5 Å². The van der Waals surface area contributed by atoms with E-state index in [1.165, 1.54) is 0 Å². The molecule has 0 fully saturated rings. The van der Waals surface area contributed by atoms with Crippen molar-refractivity contribution in [1.29, 1.82) is 0 Å². The summed E-state index contributed by atoms with van der Waals surface area (Å²) in [5, 5.41) is 0. The average Bonchev–Trinajstić information content (AvgIpc) is 2.37. The molecule has 0 aromatic carbocycles. The molecule has 0 spiro atoms. The van der Waals surface area contributed by atoms with Crippen LogP contribution in [0.15, 0.2) is 12.5 Å². The monoisotopic (exact) mass is 123 g/mol. The molecule has 1 heterocycles. The fraction of sp³-hybridized carbons (Fsp3) is 0.429. The van der Waals surface area contributed by atoms with Gasteiger partial charge in [-0.2, -0.15) is 0 Å². The minimum atomic E-state index is 0.469. The van der Waals surface area contributed by atoms with Gasteiger partial charge in [-0.15, -0.1) is 0 Å². The molecule has 0 bridgehead atoms. The molecule has 1 aromatic heterocycles.